The number of ether oxygens (including phenoxy) is 1. The van der Waals surface area contributed by atoms with Crippen LogP contribution in [-0.4, -0.2) is 42.7 Å². The molecule has 2 fully saturated rings. The summed E-state index contributed by atoms with van der Waals surface area (Å²) in [6, 6.07) is 9.37. The maximum atomic E-state index is 6.33. The molecule has 3 aliphatic heterocycles. The van der Waals surface area contributed by atoms with Gasteiger partial charge in [-0.05, 0) is 37.6 Å². The van der Waals surface area contributed by atoms with E-state index in [9.17, 15) is 0 Å². The van der Waals surface area contributed by atoms with Gasteiger partial charge in [-0.25, -0.2) is 0 Å². The normalized spacial score (nSPS) is 26.4. The first kappa shape index (κ1) is 12.7. The second-order valence-electron chi connectivity index (χ2n) is 6.59. The Bertz CT molecular complexity index is 447. The van der Waals surface area contributed by atoms with E-state index in [1.807, 2.05) is 0 Å². The van der Waals surface area contributed by atoms with E-state index >= 15 is 0 Å². The van der Waals surface area contributed by atoms with Crippen LogP contribution in [0.3, 0.4) is 0 Å². The molecule has 108 valence electrons. The van der Waals surface area contributed by atoms with Gasteiger partial charge in [-0.2, -0.15) is 0 Å². The lowest BCUT2D eigenvalue weighted by molar-refractivity contribution is 0.00106. The highest BCUT2D eigenvalue weighted by molar-refractivity contribution is 5.39. The number of hydrogen-bond acceptors (Lipinski definition) is 3. The van der Waals surface area contributed by atoms with Crippen LogP contribution in [0.2, 0.25) is 0 Å². The minimum atomic E-state index is 0.104. The molecule has 0 aliphatic carbocycles. The highest BCUT2D eigenvalue weighted by Crippen LogP contribution is 2.41. The fraction of sp³-hybridized carbons (Fsp3) is 0.647. The molecule has 0 atom stereocenters. The minimum absolute atomic E-state index is 0.104. The number of benzene rings is 1. The number of piperidine rings is 2. The quantitative estimate of drug-likeness (QED) is 0.848. The highest BCUT2D eigenvalue weighted by atomic mass is 16.5. The van der Waals surface area contributed by atoms with Crippen molar-refractivity contribution in [3.05, 3.63) is 29.8 Å². The van der Waals surface area contributed by atoms with Crippen LogP contribution in [-0.2, 0) is 6.42 Å². The van der Waals surface area contributed by atoms with E-state index in [0.29, 0.717) is 0 Å². The van der Waals surface area contributed by atoms with Gasteiger partial charge in [0.05, 0.1) is 0 Å². The Morgan fingerprint density at radius 1 is 1.10 bits per heavy atom. The van der Waals surface area contributed by atoms with Crippen LogP contribution >= 0.6 is 0 Å². The largest absolute Gasteiger partial charge is 0.487 e. The van der Waals surface area contributed by atoms with E-state index in [4.69, 9.17) is 4.74 Å². The minimum Gasteiger partial charge on any atom is -0.487 e. The van der Waals surface area contributed by atoms with E-state index in [-0.39, 0.29) is 5.60 Å². The molecule has 0 amide bonds. The van der Waals surface area contributed by atoms with Crippen molar-refractivity contribution in [3.63, 3.8) is 0 Å². The lowest BCUT2D eigenvalue weighted by Crippen LogP contribution is -2.52. The van der Waals surface area contributed by atoms with Gasteiger partial charge in [-0.15, -0.1) is 0 Å². The Labute approximate surface area is 121 Å². The average molecular weight is 272 g/mol. The molecular weight excluding hydrogens is 248 g/mol. The molecule has 0 radical (unpaired) electrons. The van der Waals surface area contributed by atoms with E-state index in [2.05, 4.69) is 34.5 Å². The third kappa shape index (κ3) is 2.23. The maximum absolute atomic E-state index is 6.33. The molecule has 0 bridgehead atoms. The van der Waals surface area contributed by atoms with Gasteiger partial charge in [-0.3, -0.25) is 4.90 Å². The number of fused-ring (bicyclic) bond motifs is 1. The Kier molecular flexibility index (Phi) is 3.20. The predicted molar refractivity (Wildman–Crippen MR) is 80.2 cm³/mol. The lowest BCUT2D eigenvalue weighted by Gasteiger charge is -2.43. The lowest BCUT2D eigenvalue weighted by atomic mass is 9.86. The van der Waals surface area contributed by atoms with Crippen molar-refractivity contribution in [3.8, 4) is 5.75 Å². The molecule has 3 heterocycles. The van der Waals surface area contributed by atoms with Crippen LogP contribution in [0.15, 0.2) is 24.3 Å². The number of rotatable bonds is 1. The van der Waals surface area contributed by atoms with Crippen molar-refractivity contribution < 1.29 is 4.74 Å². The Balaban J connectivity index is 1.40. The summed E-state index contributed by atoms with van der Waals surface area (Å²) < 4.78 is 6.33. The first-order valence-corrected chi connectivity index (χ1v) is 8.06. The zero-order chi connectivity index (χ0) is 13.4. The van der Waals surface area contributed by atoms with E-state index in [1.165, 1.54) is 57.4 Å². The van der Waals surface area contributed by atoms with Crippen LogP contribution in [0.1, 0.15) is 31.2 Å². The van der Waals surface area contributed by atoms with Gasteiger partial charge in [0.2, 0.25) is 0 Å². The van der Waals surface area contributed by atoms with Crippen LogP contribution < -0.4 is 10.1 Å². The van der Waals surface area contributed by atoms with Gasteiger partial charge < -0.3 is 10.1 Å². The first-order chi connectivity index (χ1) is 9.85. The smallest absolute Gasteiger partial charge is 0.123 e. The number of likely N-dealkylation sites (tertiary alicyclic amines) is 1. The van der Waals surface area contributed by atoms with Gasteiger partial charge >= 0.3 is 0 Å². The molecule has 0 unspecified atom stereocenters. The number of nitrogens with one attached hydrogen (secondary N) is 1. The second kappa shape index (κ2) is 5.05. The van der Waals surface area contributed by atoms with Crippen molar-refractivity contribution in [1.82, 2.24) is 10.2 Å². The predicted octanol–water partition coefficient (Wildman–Crippen LogP) is 2.21. The van der Waals surface area contributed by atoms with Gasteiger partial charge in [0.15, 0.2) is 0 Å². The molecule has 2 saturated heterocycles. The molecular formula is C17H24N2O. The Morgan fingerprint density at radius 3 is 2.60 bits per heavy atom. The van der Waals surface area contributed by atoms with Crippen LogP contribution in [0, 0.1) is 0 Å². The molecule has 20 heavy (non-hydrogen) atoms. The number of para-hydroxylation sites is 1. The number of nitrogens with zero attached hydrogens (tertiary/aromatic N) is 1. The van der Waals surface area contributed by atoms with Crippen LogP contribution in [0.5, 0.6) is 5.75 Å². The van der Waals surface area contributed by atoms with Crippen molar-refractivity contribution in [2.45, 2.75) is 43.7 Å². The van der Waals surface area contributed by atoms with E-state index in [1.54, 1.807) is 0 Å². The topological polar surface area (TPSA) is 24.5 Å². The SMILES string of the molecule is c1ccc2c(c1)CC1(CCN(C3CCNCC3)CC1)O2. The Morgan fingerprint density at radius 2 is 1.85 bits per heavy atom. The molecule has 0 saturated carbocycles. The van der Waals surface area contributed by atoms with Crippen molar-refractivity contribution in [2.24, 2.45) is 0 Å². The molecule has 3 aliphatic rings. The summed E-state index contributed by atoms with van der Waals surface area (Å²) in [5, 5.41) is 3.46. The zero-order valence-electron chi connectivity index (χ0n) is 12.1. The summed E-state index contributed by atoms with van der Waals surface area (Å²) in [5.74, 6) is 1.13. The molecule has 1 aromatic carbocycles. The molecule has 0 aromatic heterocycles. The molecule has 3 nitrogen and oxygen atoms in total. The fourth-order valence-corrected chi connectivity index (χ4v) is 4.11. The molecule has 1 aromatic rings. The molecule has 1 spiro atoms. The summed E-state index contributed by atoms with van der Waals surface area (Å²) in [6.45, 7) is 4.79. The summed E-state index contributed by atoms with van der Waals surface area (Å²) in [6.07, 6.45) is 6.11. The Hall–Kier alpha value is -1.06. The van der Waals surface area contributed by atoms with Crippen molar-refractivity contribution in [1.29, 1.82) is 0 Å². The standard InChI is InChI=1S/C17H24N2O/c1-2-4-16-14(3-1)13-17(20-16)7-11-19(12-8-17)15-5-9-18-10-6-15/h1-4,15,18H,5-13H2. The van der Waals surface area contributed by atoms with Crippen LogP contribution in [0.4, 0.5) is 0 Å². The maximum Gasteiger partial charge on any atom is 0.123 e. The second-order valence-corrected chi connectivity index (χ2v) is 6.59. The third-order valence-electron chi connectivity index (χ3n) is 5.35. The van der Waals surface area contributed by atoms with Gasteiger partial charge in [-0.1, -0.05) is 18.2 Å². The molecule has 3 heteroatoms. The molecule has 4 rings (SSSR count). The van der Waals surface area contributed by atoms with Crippen LogP contribution in [0.25, 0.3) is 0 Å². The third-order valence-corrected chi connectivity index (χ3v) is 5.35. The van der Waals surface area contributed by atoms with E-state index in [0.717, 1.165) is 18.2 Å². The van der Waals surface area contributed by atoms with Crippen molar-refractivity contribution >= 4 is 0 Å². The fourth-order valence-electron chi connectivity index (χ4n) is 4.11. The summed E-state index contributed by atoms with van der Waals surface area (Å²) in [7, 11) is 0. The monoisotopic (exact) mass is 272 g/mol. The average Bonchev–Trinajstić information content (AvgIpc) is 2.86. The first-order valence-electron chi connectivity index (χ1n) is 8.06. The summed E-state index contributed by atoms with van der Waals surface area (Å²) in [4.78, 5) is 2.71. The van der Waals surface area contributed by atoms with Crippen molar-refractivity contribution in [2.75, 3.05) is 26.2 Å². The summed E-state index contributed by atoms with van der Waals surface area (Å²) >= 11 is 0. The molecule has 1 N–H and O–H groups in total. The summed E-state index contributed by atoms with van der Waals surface area (Å²) in [5.41, 5.74) is 1.51. The number of hydrogen-bond donors (Lipinski definition) is 1. The van der Waals surface area contributed by atoms with Gasteiger partial charge in [0.1, 0.15) is 11.4 Å². The van der Waals surface area contributed by atoms with Gasteiger partial charge in [0.25, 0.3) is 0 Å². The van der Waals surface area contributed by atoms with Gasteiger partial charge in [0, 0.05) is 38.4 Å². The highest BCUT2D eigenvalue weighted by Gasteiger charge is 2.42. The zero-order valence-corrected chi connectivity index (χ0v) is 12.1. The van der Waals surface area contributed by atoms with E-state index < -0.39 is 0 Å².